The van der Waals surface area contributed by atoms with Gasteiger partial charge in [0.25, 0.3) is 0 Å². The van der Waals surface area contributed by atoms with E-state index in [9.17, 15) is 4.79 Å². The van der Waals surface area contributed by atoms with Gasteiger partial charge in [-0.05, 0) is 43.5 Å². The molecular formula is C14H21NO3. The van der Waals surface area contributed by atoms with E-state index in [-0.39, 0.29) is 6.42 Å². The predicted octanol–water partition coefficient (Wildman–Crippen LogP) is 2.08. The Morgan fingerprint density at radius 1 is 1.22 bits per heavy atom. The van der Waals surface area contributed by atoms with Crippen LogP contribution in [0.15, 0.2) is 24.3 Å². The largest absolute Gasteiger partial charge is 0.497 e. The molecule has 4 nitrogen and oxygen atoms in total. The number of hydrogen-bond acceptors (Lipinski definition) is 3. The average molecular weight is 251 g/mol. The van der Waals surface area contributed by atoms with Crippen LogP contribution in [0, 0.1) is 0 Å². The van der Waals surface area contributed by atoms with E-state index in [4.69, 9.17) is 9.84 Å². The lowest BCUT2D eigenvalue weighted by molar-refractivity contribution is -0.136. The lowest BCUT2D eigenvalue weighted by Crippen LogP contribution is -2.19. The number of methoxy groups -OCH3 is 1. The summed E-state index contributed by atoms with van der Waals surface area (Å²) >= 11 is 0. The normalized spacial score (nSPS) is 10.3. The van der Waals surface area contributed by atoms with Crippen LogP contribution in [0.25, 0.3) is 0 Å². The number of carboxylic acids is 1. The lowest BCUT2D eigenvalue weighted by Gasteiger charge is -2.04. The highest BCUT2D eigenvalue weighted by molar-refractivity contribution is 5.66. The minimum absolute atomic E-state index is 0.193. The topological polar surface area (TPSA) is 58.6 Å². The number of benzene rings is 1. The summed E-state index contributed by atoms with van der Waals surface area (Å²) in [6.45, 7) is 1.43. The molecule has 0 aliphatic rings. The van der Waals surface area contributed by atoms with Crippen LogP contribution < -0.4 is 10.1 Å². The van der Waals surface area contributed by atoms with Crippen LogP contribution in [0.1, 0.15) is 24.8 Å². The lowest BCUT2D eigenvalue weighted by atomic mass is 10.1. The first kappa shape index (κ1) is 14.5. The van der Waals surface area contributed by atoms with Gasteiger partial charge in [-0.3, -0.25) is 4.79 Å². The van der Waals surface area contributed by atoms with Gasteiger partial charge in [0.2, 0.25) is 0 Å². The fourth-order valence-corrected chi connectivity index (χ4v) is 1.69. The summed E-state index contributed by atoms with van der Waals surface area (Å²) in [5.74, 6) is 0.134. The quantitative estimate of drug-likeness (QED) is 0.660. The molecule has 2 N–H and O–H groups in total. The summed E-state index contributed by atoms with van der Waals surface area (Å²) in [6.07, 6.45) is 3.40. The molecular weight excluding hydrogens is 230 g/mol. The van der Waals surface area contributed by atoms with Crippen molar-refractivity contribution >= 4 is 5.97 Å². The van der Waals surface area contributed by atoms with Crippen LogP contribution in [-0.4, -0.2) is 31.3 Å². The van der Waals surface area contributed by atoms with Gasteiger partial charge in [0.05, 0.1) is 13.5 Å². The molecule has 0 atom stereocenters. The van der Waals surface area contributed by atoms with Gasteiger partial charge in [0, 0.05) is 6.54 Å². The molecule has 0 fully saturated rings. The van der Waals surface area contributed by atoms with Gasteiger partial charge in [-0.2, -0.15) is 0 Å². The van der Waals surface area contributed by atoms with Crippen molar-refractivity contribution in [1.82, 2.24) is 5.32 Å². The number of rotatable bonds is 9. The Labute approximate surface area is 108 Å². The molecule has 100 valence electrons. The summed E-state index contributed by atoms with van der Waals surface area (Å²) < 4.78 is 5.10. The average Bonchev–Trinajstić information content (AvgIpc) is 2.38. The fraction of sp³-hybridized carbons (Fsp3) is 0.500. The van der Waals surface area contributed by atoms with Crippen molar-refractivity contribution < 1.29 is 14.6 Å². The zero-order valence-electron chi connectivity index (χ0n) is 10.8. The smallest absolute Gasteiger partial charge is 0.304 e. The number of carboxylic acid groups (broad SMARTS) is 1. The van der Waals surface area contributed by atoms with Crippen molar-refractivity contribution in [2.24, 2.45) is 0 Å². The molecule has 18 heavy (non-hydrogen) atoms. The summed E-state index contributed by atoms with van der Waals surface area (Å²) in [6, 6.07) is 8.11. The van der Waals surface area contributed by atoms with Gasteiger partial charge in [-0.15, -0.1) is 0 Å². The monoisotopic (exact) mass is 251 g/mol. The number of unbranched alkanes of at least 4 members (excludes halogenated alkanes) is 1. The zero-order chi connectivity index (χ0) is 13.2. The highest BCUT2D eigenvalue weighted by Crippen LogP contribution is 2.12. The molecule has 0 aliphatic heterocycles. The van der Waals surface area contributed by atoms with Gasteiger partial charge in [0.15, 0.2) is 0 Å². The van der Waals surface area contributed by atoms with Crippen LogP contribution in [0.5, 0.6) is 5.75 Å². The number of nitrogens with one attached hydrogen (secondary N) is 1. The summed E-state index contributed by atoms with van der Waals surface area (Å²) in [4.78, 5) is 10.3. The van der Waals surface area contributed by atoms with Crippen LogP contribution in [0.2, 0.25) is 0 Å². The van der Waals surface area contributed by atoms with E-state index in [0.717, 1.165) is 31.6 Å². The zero-order valence-corrected chi connectivity index (χ0v) is 10.8. The fourth-order valence-electron chi connectivity index (χ4n) is 1.69. The highest BCUT2D eigenvalue weighted by Gasteiger charge is 1.97. The molecule has 0 aromatic heterocycles. The molecule has 0 aliphatic carbocycles. The Bertz CT molecular complexity index is 349. The van der Waals surface area contributed by atoms with Crippen molar-refractivity contribution in [1.29, 1.82) is 0 Å². The van der Waals surface area contributed by atoms with Gasteiger partial charge in [-0.1, -0.05) is 12.1 Å². The Kier molecular flexibility index (Phi) is 6.87. The van der Waals surface area contributed by atoms with Crippen molar-refractivity contribution in [3.8, 4) is 5.75 Å². The maximum Gasteiger partial charge on any atom is 0.304 e. The standard InChI is InChI=1S/C14H21NO3/c1-18-13-7-5-12(6-8-13)4-2-3-10-15-11-9-14(16)17/h5-8,15H,2-4,9-11H2,1H3,(H,16,17). The van der Waals surface area contributed by atoms with Crippen molar-refractivity contribution in [3.05, 3.63) is 29.8 Å². The van der Waals surface area contributed by atoms with Crippen LogP contribution in [0.3, 0.4) is 0 Å². The predicted molar refractivity (Wildman–Crippen MR) is 71.1 cm³/mol. The third-order valence-electron chi connectivity index (χ3n) is 2.74. The maximum absolute atomic E-state index is 10.3. The Balaban J connectivity index is 2.05. The highest BCUT2D eigenvalue weighted by atomic mass is 16.5. The SMILES string of the molecule is COc1ccc(CCCCNCCC(=O)O)cc1. The van der Waals surface area contributed by atoms with E-state index in [0.29, 0.717) is 6.54 Å². The summed E-state index contributed by atoms with van der Waals surface area (Å²) in [5, 5.41) is 11.6. The molecule has 0 heterocycles. The van der Waals surface area contributed by atoms with Gasteiger partial charge in [0.1, 0.15) is 5.75 Å². The van der Waals surface area contributed by atoms with E-state index in [1.807, 2.05) is 12.1 Å². The number of hydrogen-bond donors (Lipinski definition) is 2. The van der Waals surface area contributed by atoms with Gasteiger partial charge < -0.3 is 15.2 Å². The molecule has 0 spiro atoms. The first-order valence-electron chi connectivity index (χ1n) is 6.28. The number of ether oxygens (including phenoxy) is 1. The minimum atomic E-state index is -0.749. The minimum Gasteiger partial charge on any atom is -0.497 e. The Hall–Kier alpha value is -1.55. The number of aryl methyl sites for hydroxylation is 1. The second kappa shape index (κ2) is 8.53. The van der Waals surface area contributed by atoms with Crippen molar-refractivity contribution in [2.45, 2.75) is 25.7 Å². The first-order chi connectivity index (χ1) is 8.72. The molecule has 1 rings (SSSR count). The molecule has 0 amide bonds. The molecule has 0 radical (unpaired) electrons. The van der Waals surface area contributed by atoms with E-state index in [2.05, 4.69) is 17.4 Å². The van der Waals surface area contributed by atoms with Crippen LogP contribution in [-0.2, 0) is 11.2 Å². The van der Waals surface area contributed by atoms with Crippen molar-refractivity contribution in [3.63, 3.8) is 0 Å². The van der Waals surface area contributed by atoms with Gasteiger partial charge >= 0.3 is 5.97 Å². The molecule has 0 saturated heterocycles. The summed E-state index contributed by atoms with van der Waals surface area (Å²) in [7, 11) is 1.66. The molecule has 0 bridgehead atoms. The van der Waals surface area contributed by atoms with Crippen LogP contribution in [0.4, 0.5) is 0 Å². The van der Waals surface area contributed by atoms with Crippen LogP contribution >= 0.6 is 0 Å². The first-order valence-corrected chi connectivity index (χ1v) is 6.28. The van der Waals surface area contributed by atoms with E-state index in [1.54, 1.807) is 7.11 Å². The molecule has 0 saturated carbocycles. The third-order valence-corrected chi connectivity index (χ3v) is 2.74. The van der Waals surface area contributed by atoms with Crippen molar-refractivity contribution in [2.75, 3.05) is 20.2 Å². The number of carbonyl (C=O) groups is 1. The summed E-state index contributed by atoms with van der Waals surface area (Å²) in [5.41, 5.74) is 1.31. The third kappa shape index (κ3) is 6.25. The Morgan fingerprint density at radius 3 is 2.56 bits per heavy atom. The molecule has 4 heteroatoms. The maximum atomic E-state index is 10.3. The Morgan fingerprint density at radius 2 is 1.94 bits per heavy atom. The molecule has 1 aromatic rings. The molecule has 0 unspecified atom stereocenters. The van der Waals surface area contributed by atoms with E-state index in [1.165, 1.54) is 5.56 Å². The van der Waals surface area contributed by atoms with E-state index >= 15 is 0 Å². The van der Waals surface area contributed by atoms with E-state index < -0.39 is 5.97 Å². The van der Waals surface area contributed by atoms with Gasteiger partial charge in [-0.25, -0.2) is 0 Å². The number of aliphatic carboxylic acids is 1. The molecule has 1 aromatic carbocycles. The second-order valence-electron chi connectivity index (χ2n) is 4.20. The second-order valence-corrected chi connectivity index (χ2v) is 4.20.